The largest absolute Gasteiger partial charge is 0.417 e. The molecule has 4 nitrogen and oxygen atoms in total. The smallest absolute Gasteiger partial charge is 0.396 e. The fourth-order valence-electron chi connectivity index (χ4n) is 3.24. The lowest BCUT2D eigenvalue weighted by Gasteiger charge is -2.36. The van der Waals surface area contributed by atoms with Crippen LogP contribution in [0.15, 0.2) is 18.3 Å². The van der Waals surface area contributed by atoms with E-state index in [1.165, 1.54) is 6.07 Å². The van der Waals surface area contributed by atoms with Crippen molar-refractivity contribution in [2.24, 2.45) is 11.3 Å². The van der Waals surface area contributed by atoms with Gasteiger partial charge in [-0.1, -0.05) is 0 Å². The zero-order valence-electron chi connectivity index (χ0n) is 11.4. The maximum Gasteiger partial charge on any atom is 0.417 e. The Morgan fingerprint density at radius 2 is 2.24 bits per heavy atom. The highest BCUT2D eigenvalue weighted by Gasteiger charge is 2.48. The zero-order chi connectivity index (χ0) is 15.1. The summed E-state index contributed by atoms with van der Waals surface area (Å²) in [7, 11) is 0. The molecule has 7 heteroatoms. The number of alkyl halides is 3. The van der Waals surface area contributed by atoms with Crippen molar-refractivity contribution in [1.29, 1.82) is 0 Å². The molecule has 21 heavy (non-hydrogen) atoms. The van der Waals surface area contributed by atoms with Gasteiger partial charge < -0.3 is 14.7 Å². The second kappa shape index (κ2) is 5.14. The summed E-state index contributed by atoms with van der Waals surface area (Å²) in [5.74, 6) is 0.811. The number of pyridine rings is 1. The summed E-state index contributed by atoms with van der Waals surface area (Å²) >= 11 is 0. The van der Waals surface area contributed by atoms with E-state index in [4.69, 9.17) is 4.74 Å². The van der Waals surface area contributed by atoms with E-state index in [0.29, 0.717) is 38.0 Å². The number of halogens is 3. The first-order valence-electron chi connectivity index (χ1n) is 6.91. The third kappa shape index (κ3) is 2.60. The molecular formula is C14H17F3N2O2. The minimum absolute atomic E-state index is 0.0226. The molecule has 2 fully saturated rings. The van der Waals surface area contributed by atoms with Crippen LogP contribution in [-0.2, 0) is 10.9 Å². The summed E-state index contributed by atoms with van der Waals surface area (Å²) in [6.07, 6.45) is -2.65. The molecule has 0 saturated carbocycles. The van der Waals surface area contributed by atoms with Crippen molar-refractivity contribution in [2.45, 2.75) is 12.6 Å². The van der Waals surface area contributed by atoms with Crippen LogP contribution in [0.4, 0.5) is 19.0 Å². The molecule has 1 N–H and O–H groups in total. The Kier molecular flexibility index (Phi) is 3.57. The Balaban J connectivity index is 1.79. The monoisotopic (exact) mass is 302 g/mol. The molecule has 0 aliphatic carbocycles. The first-order chi connectivity index (χ1) is 9.94. The third-order valence-electron chi connectivity index (χ3n) is 4.53. The lowest BCUT2D eigenvalue weighted by molar-refractivity contribution is -0.137. The second-order valence-electron chi connectivity index (χ2n) is 5.84. The fraction of sp³-hybridized carbons (Fsp3) is 0.643. The van der Waals surface area contributed by atoms with Gasteiger partial charge in [0, 0.05) is 31.3 Å². The fourth-order valence-corrected chi connectivity index (χ4v) is 3.24. The van der Waals surface area contributed by atoms with Gasteiger partial charge in [-0.2, -0.15) is 13.2 Å². The Morgan fingerprint density at radius 1 is 1.43 bits per heavy atom. The molecule has 0 unspecified atom stereocenters. The maximum absolute atomic E-state index is 12.6. The molecule has 2 saturated heterocycles. The van der Waals surface area contributed by atoms with Crippen molar-refractivity contribution in [3.8, 4) is 0 Å². The number of hydrogen-bond acceptors (Lipinski definition) is 4. The van der Waals surface area contributed by atoms with Gasteiger partial charge in [0.25, 0.3) is 0 Å². The van der Waals surface area contributed by atoms with E-state index in [0.717, 1.165) is 18.7 Å². The summed E-state index contributed by atoms with van der Waals surface area (Å²) in [5.41, 5.74) is -1.06. The summed E-state index contributed by atoms with van der Waals surface area (Å²) in [4.78, 5) is 5.87. The summed E-state index contributed by atoms with van der Waals surface area (Å²) in [6, 6.07) is 2.44. The topological polar surface area (TPSA) is 45.6 Å². The van der Waals surface area contributed by atoms with Crippen molar-refractivity contribution < 1.29 is 23.0 Å². The summed E-state index contributed by atoms with van der Waals surface area (Å²) in [5, 5.41) is 9.69. The lowest BCUT2D eigenvalue weighted by Crippen LogP contribution is -2.43. The maximum atomic E-state index is 12.6. The SMILES string of the molecule is OC[C@]12COCC[C@H]1CN(c1ccc(C(F)(F)F)cn1)C2. The molecule has 116 valence electrons. The van der Waals surface area contributed by atoms with Gasteiger partial charge in [-0.15, -0.1) is 0 Å². The van der Waals surface area contributed by atoms with E-state index in [2.05, 4.69) is 4.98 Å². The number of aliphatic hydroxyl groups excluding tert-OH is 1. The van der Waals surface area contributed by atoms with Crippen molar-refractivity contribution in [3.05, 3.63) is 23.9 Å². The molecule has 1 aromatic rings. The highest BCUT2D eigenvalue weighted by atomic mass is 19.4. The standard InChI is InChI=1S/C14H17F3N2O2/c15-14(16,17)10-1-2-12(18-5-10)19-6-11-3-4-21-9-13(11,7-19)8-20/h1-2,5,11,20H,3-4,6-9H2/t11-,13+/m0/s1. The molecule has 0 bridgehead atoms. The molecule has 3 heterocycles. The second-order valence-corrected chi connectivity index (χ2v) is 5.84. The molecular weight excluding hydrogens is 285 g/mol. The van der Waals surface area contributed by atoms with E-state index in [-0.39, 0.29) is 12.0 Å². The van der Waals surface area contributed by atoms with Crippen LogP contribution in [0, 0.1) is 11.3 Å². The van der Waals surface area contributed by atoms with Crippen molar-refractivity contribution >= 4 is 5.82 Å². The predicted molar refractivity (Wildman–Crippen MR) is 69.9 cm³/mol. The van der Waals surface area contributed by atoms with E-state index in [1.54, 1.807) is 0 Å². The Hall–Kier alpha value is -1.34. The van der Waals surface area contributed by atoms with Gasteiger partial charge in [0.05, 0.1) is 18.8 Å². The van der Waals surface area contributed by atoms with Crippen LogP contribution in [-0.4, -0.2) is 43.0 Å². The highest BCUT2D eigenvalue weighted by Crippen LogP contribution is 2.42. The molecule has 1 aromatic heterocycles. The van der Waals surface area contributed by atoms with Crippen LogP contribution >= 0.6 is 0 Å². The van der Waals surface area contributed by atoms with Gasteiger partial charge in [-0.25, -0.2) is 4.98 Å². The molecule has 2 aliphatic heterocycles. The molecule has 0 spiro atoms. The first kappa shape index (κ1) is 14.6. The van der Waals surface area contributed by atoms with Crippen LogP contribution in [0.5, 0.6) is 0 Å². The Labute approximate surface area is 120 Å². The average molecular weight is 302 g/mol. The quantitative estimate of drug-likeness (QED) is 0.907. The number of aromatic nitrogens is 1. The molecule has 2 atom stereocenters. The number of fused-ring (bicyclic) bond motifs is 1. The Bertz CT molecular complexity index is 506. The van der Waals surface area contributed by atoms with Gasteiger partial charge >= 0.3 is 6.18 Å². The van der Waals surface area contributed by atoms with E-state index in [9.17, 15) is 18.3 Å². The van der Waals surface area contributed by atoms with E-state index >= 15 is 0 Å². The number of anilines is 1. The number of rotatable bonds is 2. The van der Waals surface area contributed by atoms with Crippen molar-refractivity contribution in [2.75, 3.05) is 37.8 Å². The van der Waals surface area contributed by atoms with Gasteiger partial charge in [-0.05, 0) is 24.5 Å². The van der Waals surface area contributed by atoms with E-state index < -0.39 is 11.7 Å². The lowest BCUT2D eigenvalue weighted by atomic mass is 9.76. The Morgan fingerprint density at radius 3 is 2.81 bits per heavy atom. The van der Waals surface area contributed by atoms with Crippen molar-refractivity contribution in [1.82, 2.24) is 4.98 Å². The predicted octanol–water partition coefficient (Wildman–Crippen LogP) is 1.94. The van der Waals surface area contributed by atoms with Crippen molar-refractivity contribution in [3.63, 3.8) is 0 Å². The normalized spacial score (nSPS) is 29.5. The van der Waals surface area contributed by atoms with E-state index in [1.807, 2.05) is 4.90 Å². The molecule has 0 aromatic carbocycles. The first-order valence-corrected chi connectivity index (χ1v) is 6.91. The number of nitrogens with zero attached hydrogens (tertiary/aromatic N) is 2. The number of ether oxygens (including phenoxy) is 1. The minimum Gasteiger partial charge on any atom is -0.396 e. The summed E-state index contributed by atoms with van der Waals surface area (Å²) in [6.45, 7) is 2.44. The molecule has 0 radical (unpaired) electrons. The highest BCUT2D eigenvalue weighted by molar-refractivity contribution is 5.42. The van der Waals surface area contributed by atoms with Crippen LogP contribution in [0.2, 0.25) is 0 Å². The molecule has 3 rings (SSSR count). The summed E-state index contributed by atoms with van der Waals surface area (Å²) < 4.78 is 43.1. The van der Waals surface area contributed by atoms with Crippen LogP contribution < -0.4 is 4.90 Å². The van der Waals surface area contributed by atoms with Crippen LogP contribution in [0.3, 0.4) is 0 Å². The third-order valence-corrected chi connectivity index (χ3v) is 4.53. The molecule has 0 amide bonds. The van der Waals surface area contributed by atoms with Gasteiger partial charge in [0.2, 0.25) is 0 Å². The number of hydrogen-bond donors (Lipinski definition) is 1. The van der Waals surface area contributed by atoms with Gasteiger partial charge in [-0.3, -0.25) is 0 Å². The minimum atomic E-state index is -4.37. The van der Waals surface area contributed by atoms with Crippen LogP contribution in [0.1, 0.15) is 12.0 Å². The number of aliphatic hydroxyl groups is 1. The molecule has 2 aliphatic rings. The van der Waals surface area contributed by atoms with Crippen LogP contribution in [0.25, 0.3) is 0 Å². The average Bonchev–Trinajstić information content (AvgIpc) is 2.86. The van der Waals surface area contributed by atoms with Gasteiger partial charge in [0.1, 0.15) is 5.82 Å². The zero-order valence-corrected chi connectivity index (χ0v) is 11.4. The van der Waals surface area contributed by atoms with Gasteiger partial charge in [0.15, 0.2) is 0 Å².